The zero-order chi connectivity index (χ0) is 17.4. The molecular formula is C20H17N3O2. The van der Waals surface area contributed by atoms with Gasteiger partial charge in [0.05, 0.1) is 18.2 Å². The molecule has 0 saturated carbocycles. The molecule has 1 aliphatic carbocycles. The Hall–Kier alpha value is -3.13. The number of hydrogen-bond acceptors (Lipinski definition) is 3. The van der Waals surface area contributed by atoms with Gasteiger partial charge in [-0.1, -0.05) is 36.4 Å². The standard InChI is InChI=1S/C20H17N3O2/c21-12-14-7-9-15(10-8-14)13-23-18(24)20(22-19(23)25)11-3-5-16-4-1-2-6-17(16)20/h1-2,4,6-10H,3,5,11,13H2,(H,22,25)/t20-/m1/s1. The number of carbonyl (C=O) groups excluding carboxylic acids is 2. The van der Waals surface area contributed by atoms with Crippen LogP contribution in [0.4, 0.5) is 4.79 Å². The van der Waals surface area contributed by atoms with E-state index in [0.717, 1.165) is 29.5 Å². The zero-order valence-electron chi connectivity index (χ0n) is 13.7. The highest BCUT2D eigenvalue weighted by Crippen LogP contribution is 2.40. The van der Waals surface area contributed by atoms with E-state index in [1.165, 1.54) is 4.90 Å². The van der Waals surface area contributed by atoms with Gasteiger partial charge in [0.2, 0.25) is 0 Å². The molecule has 0 radical (unpaired) electrons. The summed E-state index contributed by atoms with van der Waals surface area (Å²) in [6, 6.07) is 16.5. The number of nitrogens with one attached hydrogen (secondary N) is 1. The Morgan fingerprint density at radius 1 is 1.12 bits per heavy atom. The molecule has 3 amide bonds. The predicted octanol–water partition coefficient (Wildman–Crippen LogP) is 2.84. The summed E-state index contributed by atoms with van der Waals surface area (Å²) in [5, 5.41) is 11.8. The number of nitrogens with zero attached hydrogens (tertiary/aromatic N) is 2. The molecule has 2 aliphatic rings. The zero-order valence-corrected chi connectivity index (χ0v) is 13.7. The summed E-state index contributed by atoms with van der Waals surface area (Å²) in [6.45, 7) is 0.209. The molecule has 5 heteroatoms. The van der Waals surface area contributed by atoms with Gasteiger partial charge in [0, 0.05) is 0 Å². The molecule has 5 nitrogen and oxygen atoms in total. The minimum atomic E-state index is -0.932. The fourth-order valence-corrected chi connectivity index (χ4v) is 3.82. The summed E-state index contributed by atoms with van der Waals surface area (Å²) < 4.78 is 0. The summed E-state index contributed by atoms with van der Waals surface area (Å²) in [4.78, 5) is 27.0. The first kappa shape index (κ1) is 15.4. The monoisotopic (exact) mass is 331 g/mol. The number of carbonyl (C=O) groups is 2. The van der Waals surface area contributed by atoms with Crippen LogP contribution in [-0.2, 0) is 23.3 Å². The molecule has 0 bridgehead atoms. The fourth-order valence-electron chi connectivity index (χ4n) is 3.82. The lowest BCUT2D eigenvalue weighted by Crippen LogP contribution is -2.46. The number of imide groups is 1. The van der Waals surface area contributed by atoms with Crippen molar-refractivity contribution in [1.29, 1.82) is 5.26 Å². The lowest BCUT2D eigenvalue weighted by atomic mass is 9.76. The quantitative estimate of drug-likeness (QED) is 0.860. The van der Waals surface area contributed by atoms with E-state index in [9.17, 15) is 9.59 Å². The maximum atomic E-state index is 13.2. The number of amides is 3. The first-order valence-electron chi connectivity index (χ1n) is 8.35. The van der Waals surface area contributed by atoms with E-state index in [1.807, 2.05) is 24.3 Å². The van der Waals surface area contributed by atoms with Crippen molar-refractivity contribution in [2.75, 3.05) is 0 Å². The second-order valence-corrected chi connectivity index (χ2v) is 6.55. The fraction of sp³-hybridized carbons (Fsp3) is 0.250. The number of nitriles is 1. The van der Waals surface area contributed by atoms with Crippen molar-refractivity contribution >= 4 is 11.9 Å². The smallest absolute Gasteiger partial charge is 0.319 e. The van der Waals surface area contributed by atoms with Crippen LogP contribution in [0, 0.1) is 11.3 Å². The molecule has 0 aromatic heterocycles. The highest BCUT2D eigenvalue weighted by atomic mass is 16.2. The largest absolute Gasteiger partial charge is 0.325 e. The van der Waals surface area contributed by atoms with Crippen molar-refractivity contribution in [1.82, 2.24) is 10.2 Å². The molecule has 25 heavy (non-hydrogen) atoms. The lowest BCUT2D eigenvalue weighted by Gasteiger charge is -2.33. The number of rotatable bonds is 2. The SMILES string of the molecule is N#Cc1ccc(CN2C(=O)N[C@@]3(CCCc4ccccc43)C2=O)cc1. The molecule has 0 unspecified atom stereocenters. The highest BCUT2D eigenvalue weighted by Gasteiger charge is 2.53. The van der Waals surface area contributed by atoms with E-state index in [1.54, 1.807) is 24.3 Å². The van der Waals surface area contributed by atoms with Gasteiger partial charge in [-0.15, -0.1) is 0 Å². The Morgan fingerprint density at radius 2 is 1.88 bits per heavy atom. The van der Waals surface area contributed by atoms with Crippen LogP contribution in [0.25, 0.3) is 0 Å². The minimum Gasteiger partial charge on any atom is -0.319 e. The molecule has 2 aromatic rings. The van der Waals surface area contributed by atoms with E-state index >= 15 is 0 Å². The minimum absolute atomic E-state index is 0.186. The molecule has 1 saturated heterocycles. The number of benzene rings is 2. The van der Waals surface area contributed by atoms with Crippen molar-refractivity contribution in [3.8, 4) is 6.07 Å². The van der Waals surface area contributed by atoms with Gasteiger partial charge >= 0.3 is 6.03 Å². The van der Waals surface area contributed by atoms with Crippen molar-refractivity contribution in [3.63, 3.8) is 0 Å². The van der Waals surface area contributed by atoms with Crippen LogP contribution < -0.4 is 5.32 Å². The van der Waals surface area contributed by atoms with Crippen LogP contribution in [-0.4, -0.2) is 16.8 Å². The van der Waals surface area contributed by atoms with Gasteiger partial charge in [0.1, 0.15) is 5.54 Å². The number of aryl methyl sites for hydroxylation is 1. The number of hydrogen-bond donors (Lipinski definition) is 1. The third-order valence-corrected chi connectivity index (χ3v) is 5.07. The van der Waals surface area contributed by atoms with E-state index in [0.29, 0.717) is 12.0 Å². The topological polar surface area (TPSA) is 73.2 Å². The lowest BCUT2D eigenvalue weighted by molar-refractivity contribution is -0.132. The van der Waals surface area contributed by atoms with Crippen molar-refractivity contribution in [3.05, 3.63) is 70.8 Å². The number of urea groups is 1. The van der Waals surface area contributed by atoms with Crippen LogP contribution in [0.15, 0.2) is 48.5 Å². The molecule has 4 rings (SSSR count). The summed E-state index contributed by atoms with van der Waals surface area (Å²) in [5.41, 5.74) is 2.49. The maximum absolute atomic E-state index is 13.2. The van der Waals surface area contributed by atoms with E-state index < -0.39 is 5.54 Å². The Labute approximate surface area is 145 Å². The molecule has 1 aliphatic heterocycles. The van der Waals surface area contributed by atoms with Crippen molar-refractivity contribution < 1.29 is 9.59 Å². The Morgan fingerprint density at radius 3 is 2.64 bits per heavy atom. The maximum Gasteiger partial charge on any atom is 0.325 e. The molecule has 1 spiro atoms. The number of fused-ring (bicyclic) bond motifs is 2. The molecule has 1 fully saturated rings. The van der Waals surface area contributed by atoms with E-state index in [4.69, 9.17) is 5.26 Å². The second kappa shape index (κ2) is 5.75. The van der Waals surface area contributed by atoms with Gasteiger partial charge < -0.3 is 5.32 Å². The molecule has 1 atom stereocenters. The predicted molar refractivity (Wildman–Crippen MR) is 91.3 cm³/mol. The summed E-state index contributed by atoms with van der Waals surface area (Å²) >= 11 is 0. The Bertz CT molecular complexity index is 898. The average molecular weight is 331 g/mol. The Balaban J connectivity index is 1.66. The molecule has 2 aromatic carbocycles. The highest BCUT2D eigenvalue weighted by molar-refractivity contribution is 6.07. The van der Waals surface area contributed by atoms with Crippen LogP contribution in [0.1, 0.15) is 35.1 Å². The molecule has 1 N–H and O–H groups in total. The average Bonchev–Trinajstić information content (AvgIpc) is 2.88. The van der Waals surface area contributed by atoms with Crippen LogP contribution >= 0.6 is 0 Å². The van der Waals surface area contributed by atoms with Crippen LogP contribution in [0.2, 0.25) is 0 Å². The first-order chi connectivity index (χ1) is 12.1. The van der Waals surface area contributed by atoms with Gasteiger partial charge in [-0.25, -0.2) is 4.79 Å². The van der Waals surface area contributed by atoms with Gasteiger partial charge in [-0.05, 0) is 48.1 Å². The third kappa shape index (κ3) is 2.38. The van der Waals surface area contributed by atoms with E-state index in [2.05, 4.69) is 11.4 Å². The summed E-state index contributed by atoms with van der Waals surface area (Å²) in [7, 11) is 0. The van der Waals surface area contributed by atoms with Gasteiger partial charge in [-0.3, -0.25) is 9.69 Å². The summed E-state index contributed by atoms with van der Waals surface area (Å²) in [6.07, 6.45) is 2.42. The van der Waals surface area contributed by atoms with Gasteiger partial charge in [0.25, 0.3) is 5.91 Å². The van der Waals surface area contributed by atoms with Gasteiger partial charge in [-0.2, -0.15) is 5.26 Å². The first-order valence-corrected chi connectivity index (χ1v) is 8.35. The van der Waals surface area contributed by atoms with Crippen LogP contribution in [0.3, 0.4) is 0 Å². The normalized spacial score (nSPS) is 21.8. The van der Waals surface area contributed by atoms with Crippen LogP contribution in [0.5, 0.6) is 0 Å². The molecule has 124 valence electrons. The molecule has 1 heterocycles. The van der Waals surface area contributed by atoms with Crippen molar-refractivity contribution in [2.24, 2.45) is 0 Å². The summed E-state index contributed by atoms with van der Waals surface area (Å²) in [5.74, 6) is -0.186. The van der Waals surface area contributed by atoms with Gasteiger partial charge in [0.15, 0.2) is 0 Å². The second-order valence-electron chi connectivity index (χ2n) is 6.55. The molecular weight excluding hydrogens is 314 g/mol. The Kier molecular flexibility index (Phi) is 3.54. The van der Waals surface area contributed by atoms with Crippen molar-refractivity contribution in [2.45, 2.75) is 31.3 Å². The third-order valence-electron chi connectivity index (χ3n) is 5.07. The van der Waals surface area contributed by atoms with E-state index in [-0.39, 0.29) is 18.5 Å².